The van der Waals surface area contributed by atoms with Gasteiger partial charge in [0.25, 0.3) is 0 Å². The van der Waals surface area contributed by atoms with E-state index in [4.69, 9.17) is 0 Å². The van der Waals surface area contributed by atoms with Crippen molar-refractivity contribution in [2.75, 3.05) is 0 Å². The van der Waals surface area contributed by atoms with Crippen LogP contribution in [0.2, 0.25) is 0 Å². The van der Waals surface area contributed by atoms with E-state index in [-0.39, 0.29) is 0 Å². The summed E-state index contributed by atoms with van der Waals surface area (Å²) in [6.07, 6.45) is 9.91. The molecule has 54 valence electrons. The smallest absolute Gasteiger partial charge is 0.00975 e. The van der Waals surface area contributed by atoms with E-state index in [0.717, 1.165) is 6.42 Å². The van der Waals surface area contributed by atoms with Gasteiger partial charge in [0.05, 0.1) is 0 Å². The predicted molar refractivity (Wildman–Crippen MR) is 45.9 cm³/mol. The van der Waals surface area contributed by atoms with Gasteiger partial charge in [-0.25, -0.2) is 0 Å². The second kappa shape index (κ2) is 3.40. The fourth-order valence-corrected chi connectivity index (χ4v) is 1.17. The van der Waals surface area contributed by atoms with Gasteiger partial charge in [0.2, 0.25) is 0 Å². The molecular weight excluding hydrogens is 120 g/mol. The standard InChI is InChI=1S/C10H14/c1-3-6-10-8-5-4-7-9(10)2/h4-5,8H,2-3,6-7H2,1H3. The van der Waals surface area contributed by atoms with Gasteiger partial charge in [0.15, 0.2) is 0 Å². The first kappa shape index (κ1) is 7.33. The molecule has 0 unspecified atom stereocenters. The molecule has 10 heavy (non-hydrogen) atoms. The van der Waals surface area contributed by atoms with E-state index in [0.29, 0.717) is 0 Å². The van der Waals surface area contributed by atoms with Crippen LogP contribution >= 0.6 is 0 Å². The van der Waals surface area contributed by atoms with Gasteiger partial charge in [0.1, 0.15) is 0 Å². The molecule has 0 fully saturated rings. The average Bonchev–Trinajstić information content (AvgIpc) is 1.94. The molecule has 1 rings (SSSR count). The third-order valence-corrected chi connectivity index (χ3v) is 1.77. The predicted octanol–water partition coefficient (Wildman–Crippen LogP) is 3.23. The van der Waals surface area contributed by atoms with E-state index < -0.39 is 0 Å². The second-order valence-electron chi connectivity index (χ2n) is 2.68. The van der Waals surface area contributed by atoms with Crippen LogP contribution in [0.3, 0.4) is 0 Å². The summed E-state index contributed by atoms with van der Waals surface area (Å²) < 4.78 is 0. The molecule has 0 aromatic carbocycles. The Morgan fingerprint density at radius 2 is 2.40 bits per heavy atom. The van der Waals surface area contributed by atoms with Crippen molar-refractivity contribution in [1.82, 2.24) is 0 Å². The highest BCUT2D eigenvalue weighted by Crippen LogP contribution is 2.21. The molecule has 0 saturated heterocycles. The lowest BCUT2D eigenvalue weighted by Crippen LogP contribution is -1.90. The van der Waals surface area contributed by atoms with E-state index in [1.807, 2.05) is 0 Å². The summed E-state index contributed by atoms with van der Waals surface area (Å²) in [6, 6.07) is 0. The molecule has 0 saturated carbocycles. The summed E-state index contributed by atoms with van der Waals surface area (Å²) in [5.74, 6) is 0. The first-order valence-electron chi connectivity index (χ1n) is 3.88. The molecule has 0 atom stereocenters. The topological polar surface area (TPSA) is 0 Å². The van der Waals surface area contributed by atoms with Gasteiger partial charge in [-0.3, -0.25) is 0 Å². The van der Waals surface area contributed by atoms with Crippen molar-refractivity contribution in [2.45, 2.75) is 26.2 Å². The van der Waals surface area contributed by atoms with Crippen molar-refractivity contribution in [2.24, 2.45) is 0 Å². The monoisotopic (exact) mass is 134 g/mol. The Bertz CT molecular complexity index is 182. The van der Waals surface area contributed by atoms with Crippen molar-refractivity contribution in [3.8, 4) is 0 Å². The molecule has 1 aliphatic carbocycles. The second-order valence-corrected chi connectivity index (χ2v) is 2.68. The maximum Gasteiger partial charge on any atom is -0.00975 e. The van der Waals surface area contributed by atoms with Crippen LogP contribution in [-0.2, 0) is 0 Å². The zero-order valence-electron chi connectivity index (χ0n) is 6.56. The molecule has 0 nitrogen and oxygen atoms in total. The molecule has 0 heterocycles. The molecule has 0 aromatic heterocycles. The highest BCUT2D eigenvalue weighted by molar-refractivity contribution is 5.36. The molecule has 0 aromatic rings. The van der Waals surface area contributed by atoms with Crippen molar-refractivity contribution in [3.05, 3.63) is 36.0 Å². The Kier molecular flexibility index (Phi) is 2.49. The van der Waals surface area contributed by atoms with Gasteiger partial charge in [0, 0.05) is 0 Å². The van der Waals surface area contributed by atoms with Crippen molar-refractivity contribution in [3.63, 3.8) is 0 Å². The van der Waals surface area contributed by atoms with Gasteiger partial charge >= 0.3 is 0 Å². The Labute approximate surface area is 62.9 Å². The lowest BCUT2D eigenvalue weighted by molar-refractivity contribution is 0.900. The maximum absolute atomic E-state index is 3.99. The van der Waals surface area contributed by atoms with Gasteiger partial charge in [-0.2, -0.15) is 0 Å². The summed E-state index contributed by atoms with van der Waals surface area (Å²) in [4.78, 5) is 0. The molecule has 0 amide bonds. The van der Waals surface area contributed by atoms with Gasteiger partial charge in [-0.1, -0.05) is 38.2 Å². The third-order valence-electron chi connectivity index (χ3n) is 1.77. The number of allylic oxidation sites excluding steroid dienone is 5. The van der Waals surface area contributed by atoms with Crippen LogP contribution in [0.15, 0.2) is 36.0 Å². The van der Waals surface area contributed by atoms with Crippen LogP contribution in [-0.4, -0.2) is 0 Å². The Morgan fingerprint density at radius 3 is 3.00 bits per heavy atom. The molecule has 0 spiro atoms. The molecular formula is C10H14. The lowest BCUT2D eigenvalue weighted by Gasteiger charge is -2.09. The highest BCUT2D eigenvalue weighted by Gasteiger charge is 2.01. The molecule has 0 heteroatoms. The summed E-state index contributed by atoms with van der Waals surface area (Å²) in [5.41, 5.74) is 2.73. The van der Waals surface area contributed by atoms with E-state index in [1.165, 1.54) is 24.0 Å². The zero-order valence-corrected chi connectivity index (χ0v) is 6.56. The molecule has 1 aliphatic rings. The Balaban J connectivity index is 2.61. The first-order chi connectivity index (χ1) is 4.84. The number of hydrogen-bond donors (Lipinski definition) is 0. The van der Waals surface area contributed by atoms with Crippen molar-refractivity contribution >= 4 is 0 Å². The summed E-state index contributed by atoms with van der Waals surface area (Å²) >= 11 is 0. The Morgan fingerprint density at radius 1 is 1.60 bits per heavy atom. The van der Waals surface area contributed by atoms with Crippen molar-refractivity contribution < 1.29 is 0 Å². The highest BCUT2D eigenvalue weighted by atomic mass is 14.1. The van der Waals surface area contributed by atoms with Gasteiger partial charge < -0.3 is 0 Å². The third kappa shape index (κ3) is 1.60. The van der Waals surface area contributed by atoms with Crippen LogP contribution in [0.25, 0.3) is 0 Å². The molecule has 0 bridgehead atoms. The maximum atomic E-state index is 3.99. The normalized spacial score (nSPS) is 17.3. The molecule has 0 aliphatic heterocycles. The quantitative estimate of drug-likeness (QED) is 0.544. The summed E-state index contributed by atoms with van der Waals surface area (Å²) in [6.45, 7) is 6.20. The van der Waals surface area contributed by atoms with Crippen LogP contribution in [0.5, 0.6) is 0 Å². The van der Waals surface area contributed by atoms with Crippen LogP contribution < -0.4 is 0 Å². The SMILES string of the molecule is C=C1CC=CC=C1CCC. The summed E-state index contributed by atoms with van der Waals surface area (Å²) in [7, 11) is 0. The average molecular weight is 134 g/mol. The number of rotatable bonds is 2. The number of hydrogen-bond acceptors (Lipinski definition) is 0. The fraction of sp³-hybridized carbons (Fsp3) is 0.400. The minimum absolute atomic E-state index is 1.05. The zero-order chi connectivity index (χ0) is 7.40. The van der Waals surface area contributed by atoms with Crippen LogP contribution in [0.1, 0.15) is 26.2 Å². The first-order valence-corrected chi connectivity index (χ1v) is 3.88. The van der Waals surface area contributed by atoms with E-state index in [9.17, 15) is 0 Å². The minimum atomic E-state index is 1.05. The van der Waals surface area contributed by atoms with Crippen LogP contribution in [0.4, 0.5) is 0 Å². The Hall–Kier alpha value is -0.780. The van der Waals surface area contributed by atoms with Crippen molar-refractivity contribution in [1.29, 1.82) is 0 Å². The fourth-order valence-electron chi connectivity index (χ4n) is 1.17. The van der Waals surface area contributed by atoms with E-state index >= 15 is 0 Å². The van der Waals surface area contributed by atoms with Crippen LogP contribution in [0, 0.1) is 0 Å². The van der Waals surface area contributed by atoms with E-state index in [1.54, 1.807) is 0 Å². The lowest BCUT2D eigenvalue weighted by atomic mass is 9.96. The minimum Gasteiger partial charge on any atom is -0.0952 e. The molecule has 0 radical (unpaired) electrons. The van der Waals surface area contributed by atoms with Gasteiger partial charge in [-0.15, -0.1) is 0 Å². The largest absolute Gasteiger partial charge is 0.0952 e. The summed E-state index contributed by atoms with van der Waals surface area (Å²) in [5, 5.41) is 0. The van der Waals surface area contributed by atoms with E-state index in [2.05, 4.69) is 31.7 Å². The van der Waals surface area contributed by atoms with Gasteiger partial charge in [-0.05, 0) is 24.0 Å². The molecule has 0 N–H and O–H groups in total.